The van der Waals surface area contributed by atoms with Crippen LogP contribution in [-0.2, 0) is 4.74 Å². The van der Waals surface area contributed by atoms with Crippen molar-refractivity contribution in [3.05, 3.63) is 58.8 Å². The molecular formula is C23H24O6. The van der Waals surface area contributed by atoms with Crippen LogP contribution in [0.4, 0.5) is 0 Å². The number of methoxy groups -OCH3 is 2. The zero-order valence-electron chi connectivity index (χ0n) is 17.0. The topological polar surface area (TPSA) is 71.1 Å². The summed E-state index contributed by atoms with van der Waals surface area (Å²) in [5.74, 6) is 1.58. The van der Waals surface area contributed by atoms with Gasteiger partial charge in [-0.25, -0.2) is 4.79 Å². The number of esters is 1. The Kier molecular flexibility index (Phi) is 6.22. The predicted molar refractivity (Wildman–Crippen MR) is 109 cm³/mol. The smallest absolute Gasteiger partial charge is 0.337 e. The van der Waals surface area contributed by atoms with Gasteiger partial charge in [-0.15, -0.1) is 0 Å². The van der Waals surface area contributed by atoms with E-state index in [4.69, 9.17) is 18.9 Å². The van der Waals surface area contributed by atoms with Crippen LogP contribution in [0.1, 0.15) is 46.5 Å². The van der Waals surface area contributed by atoms with Crippen LogP contribution in [0.3, 0.4) is 0 Å². The van der Waals surface area contributed by atoms with Gasteiger partial charge in [0.25, 0.3) is 0 Å². The second-order valence-corrected chi connectivity index (χ2v) is 7.08. The van der Waals surface area contributed by atoms with E-state index in [1.807, 2.05) is 12.1 Å². The van der Waals surface area contributed by atoms with Crippen LogP contribution >= 0.6 is 0 Å². The Hall–Kier alpha value is -3.28. The van der Waals surface area contributed by atoms with Gasteiger partial charge in [-0.1, -0.05) is 19.9 Å². The van der Waals surface area contributed by atoms with E-state index >= 15 is 0 Å². The van der Waals surface area contributed by atoms with Crippen LogP contribution in [0.2, 0.25) is 0 Å². The van der Waals surface area contributed by atoms with Gasteiger partial charge in [0.15, 0.2) is 17.3 Å². The van der Waals surface area contributed by atoms with Gasteiger partial charge < -0.3 is 18.9 Å². The first kappa shape index (κ1) is 20.5. The number of carbonyl (C=O) groups excluding carboxylic acids is 2. The van der Waals surface area contributed by atoms with Crippen molar-refractivity contribution in [1.29, 1.82) is 0 Å². The minimum atomic E-state index is -0.504. The highest BCUT2D eigenvalue weighted by Gasteiger charge is 2.28. The average Bonchev–Trinajstić information content (AvgIpc) is 3.02. The summed E-state index contributed by atoms with van der Waals surface area (Å²) in [5.41, 5.74) is 1.37. The van der Waals surface area contributed by atoms with Crippen molar-refractivity contribution in [2.24, 2.45) is 5.92 Å². The maximum Gasteiger partial charge on any atom is 0.337 e. The van der Waals surface area contributed by atoms with Gasteiger partial charge in [-0.05, 0) is 54.3 Å². The third kappa shape index (κ3) is 4.59. The number of ketones is 1. The third-order valence-electron chi connectivity index (χ3n) is 4.53. The molecule has 152 valence electrons. The molecule has 29 heavy (non-hydrogen) atoms. The van der Waals surface area contributed by atoms with E-state index in [0.29, 0.717) is 40.9 Å². The highest BCUT2D eigenvalue weighted by molar-refractivity contribution is 6.15. The Bertz CT molecular complexity index is 958. The minimum absolute atomic E-state index is 0.178. The molecule has 0 bridgehead atoms. The summed E-state index contributed by atoms with van der Waals surface area (Å²) in [4.78, 5) is 24.4. The monoisotopic (exact) mass is 396 g/mol. The maximum atomic E-state index is 12.7. The summed E-state index contributed by atoms with van der Waals surface area (Å²) in [6.45, 7) is 4.88. The summed E-state index contributed by atoms with van der Waals surface area (Å²) in [6.07, 6.45) is 2.59. The highest BCUT2D eigenvalue weighted by atomic mass is 16.5. The van der Waals surface area contributed by atoms with Crippen molar-refractivity contribution in [2.45, 2.75) is 20.3 Å². The van der Waals surface area contributed by atoms with E-state index in [-0.39, 0.29) is 11.5 Å². The number of hydrogen-bond donors (Lipinski definition) is 0. The molecule has 0 aromatic heterocycles. The van der Waals surface area contributed by atoms with Crippen LogP contribution in [0.25, 0.3) is 6.08 Å². The molecular weight excluding hydrogens is 372 g/mol. The van der Waals surface area contributed by atoms with E-state index in [9.17, 15) is 9.59 Å². The zero-order valence-corrected chi connectivity index (χ0v) is 17.0. The number of Topliss-reactive ketones (excluding diaryl/α,β-unsaturated/α-hetero) is 1. The van der Waals surface area contributed by atoms with Crippen molar-refractivity contribution in [1.82, 2.24) is 0 Å². The molecule has 2 aromatic carbocycles. The zero-order chi connectivity index (χ0) is 21.0. The minimum Gasteiger partial charge on any atom is -0.493 e. The van der Waals surface area contributed by atoms with Gasteiger partial charge >= 0.3 is 5.97 Å². The lowest BCUT2D eigenvalue weighted by molar-refractivity contribution is 0.0600. The molecule has 2 aromatic rings. The fourth-order valence-corrected chi connectivity index (χ4v) is 2.88. The van der Waals surface area contributed by atoms with Gasteiger partial charge in [0, 0.05) is 0 Å². The standard InChI is InChI=1S/C23H24O6/c1-14(2)9-10-28-19-7-5-15(11-20(19)26-3)12-21-22(24)17-13-16(23(25)27-4)6-8-18(17)29-21/h5-8,11-14H,9-10H2,1-4H3/b21-12-. The molecule has 0 spiro atoms. The number of ether oxygens (including phenoxy) is 4. The Morgan fingerprint density at radius 3 is 2.59 bits per heavy atom. The van der Waals surface area contributed by atoms with Crippen molar-refractivity contribution in [3.8, 4) is 17.2 Å². The summed E-state index contributed by atoms with van der Waals surface area (Å²) >= 11 is 0. The van der Waals surface area contributed by atoms with Crippen molar-refractivity contribution in [2.75, 3.05) is 20.8 Å². The molecule has 1 aliphatic heterocycles. The lowest BCUT2D eigenvalue weighted by atomic mass is 10.1. The Morgan fingerprint density at radius 1 is 1.10 bits per heavy atom. The fourth-order valence-electron chi connectivity index (χ4n) is 2.88. The number of carbonyl (C=O) groups is 2. The van der Waals surface area contributed by atoms with E-state index in [0.717, 1.165) is 12.0 Å². The molecule has 0 atom stereocenters. The summed E-state index contributed by atoms with van der Waals surface area (Å²) in [5, 5.41) is 0. The van der Waals surface area contributed by atoms with Gasteiger partial charge in [0.1, 0.15) is 5.75 Å². The Labute approximate surface area is 170 Å². The van der Waals surface area contributed by atoms with E-state index < -0.39 is 5.97 Å². The molecule has 0 radical (unpaired) electrons. The number of hydrogen-bond acceptors (Lipinski definition) is 6. The average molecular weight is 396 g/mol. The molecule has 3 rings (SSSR count). The number of rotatable bonds is 7. The van der Waals surface area contributed by atoms with Crippen molar-refractivity contribution >= 4 is 17.8 Å². The van der Waals surface area contributed by atoms with E-state index in [1.54, 1.807) is 31.4 Å². The second kappa shape index (κ2) is 8.82. The van der Waals surface area contributed by atoms with E-state index in [2.05, 4.69) is 13.8 Å². The lowest BCUT2D eigenvalue weighted by Gasteiger charge is -2.12. The summed E-state index contributed by atoms with van der Waals surface area (Å²) in [6, 6.07) is 10.1. The molecule has 0 N–H and O–H groups in total. The van der Waals surface area contributed by atoms with Crippen LogP contribution in [0.5, 0.6) is 17.2 Å². The number of allylic oxidation sites excluding steroid dienone is 1. The number of fused-ring (bicyclic) bond motifs is 1. The molecule has 0 unspecified atom stereocenters. The SMILES string of the molecule is COC(=O)c1ccc2c(c1)C(=O)/C(=C/c1ccc(OCCC(C)C)c(OC)c1)O2. The Balaban J connectivity index is 1.81. The first-order valence-corrected chi connectivity index (χ1v) is 9.40. The second-order valence-electron chi connectivity index (χ2n) is 7.08. The molecule has 0 aliphatic carbocycles. The summed E-state index contributed by atoms with van der Waals surface area (Å²) < 4.78 is 21.6. The van der Waals surface area contributed by atoms with Crippen LogP contribution in [0.15, 0.2) is 42.2 Å². The molecule has 6 heteroatoms. The van der Waals surface area contributed by atoms with Gasteiger partial charge in [0.05, 0.1) is 32.0 Å². The molecule has 0 saturated heterocycles. The van der Waals surface area contributed by atoms with Crippen molar-refractivity contribution in [3.63, 3.8) is 0 Å². The Morgan fingerprint density at radius 2 is 1.90 bits per heavy atom. The predicted octanol–water partition coefficient (Wildman–Crippen LogP) is 4.52. The molecule has 1 heterocycles. The molecule has 6 nitrogen and oxygen atoms in total. The van der Waals surface area contributed by atoms with E-state index in [1.165, 1.54) is 13.2 Å². The first-order chi connectivity index (χ1) is 13.9. The largest absolute Gasteiger partial charge is 0.493 e. The molecule has 0 saturated carbocycles. The van der Waals surface area contributed by atoms with Crippen LogP contribution < -0.4 is 14.2 Å². The summed E-state index contributed by atoms with van der Waals surface area (Å²) in [7, 11) is 2.87. The highest BCUT2D eigenvalue weighted by Crippen LogP contribution is 2.34. The van der Waals surface area contributed by atoms with Gasteiger partial charge in [-0.2, -0.15) is 0 Å². The third-order valence-corrected chi connectivity index (χ3v) is 4.53. The number of benzene rings is 2. The quantitative estimate of drug-likeness (QED) is 0.506. The van der Waals surface area contributed by atoms with Crippen LogP contribution in [0, 0.1) is 5.92 Å². The van der Waals surface area contributed by atoms with Crippen LogP contribution in [-0.4, -0.2) is 32.6 Å². The molecule has 0 amide bonds. The molecule has 0 fully saturated rings. The van der Waals surface area contributed by atoms with Gasteiger partial charge in [-0.3, -0.25) is 4.79 Å². The van der Waals surface area contributed by atoms with Gasteiger partial charge in [0.2, 0.25) is 5.78 Å². The van der Waals surface area contributed by atoms with Crippen molar-refractivity contribution < 1.29 is 28.5 Å². The first-order valence-electron chi connectivity index (χ1n) is 9.40. The lowest BCUT2D eigenvalue weighted by Crippen LogP contribution is -2.03. The fraction of sp³-hybridized carbons (Fsp3) is 0.304. The maximum absolute atomic E-state index is 12.7. The normalized spacial score (nSPS) is 14.0. The molecule has 1 aliphatic rings.